The van der Waals surface area contributed by atoms with E-state index in [1.807, 2.05) is 24.3 Å². The number of aliphatic hydroxyl groups excluding tert-OH is 1. The molecule has 21 heavy (non-hydrogen) atoms. The first-order valence-corrected chi connectivity index (χ1v) is 6.77. The highest BCUT2D eigenvalue weighted by Crippen LogP contribution is 2.31. The molecule has 5 nitrogen and oxygen atoms in total. The van der Waals surface area contributed by atoms with Crippen LogP contribution in [-0.4, -0.2) is 35.2 Å². The van der Waals surface area contributed by atoms with E-state index in [1.54, 1.807) is 12.1 Å². The summed E-state index contributed by atoms with van der Waals surface area (Å²) in [6, 6.07) is 10.8. The summed E-state index contributed by atoms with van der Waals surface area (Å²) in [6.45, 7) is 0.284. The quantitative estimate of drug-likeness (QED) is 0.902. The van der Waals surface area contributed by atoms with Gasteiger partial charge < -0.3 is 15.1 Å². The molecule has 0 aromatic heterocycles. The SMILES string of the molecule is O=C(O)c1cc2ccccc2cc1N1CC(CO)CC1=O. The predicted octanol–water partition coefficient (Wildman–Crippen LogP) is 1.88. The van der Waals surface area contributed by atoms with Crippen molar-refractivity contribution in [2.75, 3.05) is 18.1 Å². The number of fused-ring (bicyclic) bond motifs is 1. The van der Waals surface area contributed by atoms with Crippen molar-refractivity contribution in [2.45, 2.75) is 6.42 Å². The number of benzene rings is 2. The highest BCUT2D eigenvalue weighted by atomic mass is 16.4. The van der Waals surface area contributed by atoms with Crippen LogP contribution in [0.4, 0.5) is 5.69 Å². The molecule has 0 radical (unpaired) electrons. The molecule has 1 aliphatic rings. The van der Waals surface area contributed by atoms with E-state index in [0.29, 0.717) is 12.2 Å². The van der Waals surface area contributed by atoms with E-state index in [9.17, 15) is 19.8 Å². The van der Waals surface area contributed by atoms with Gasteiger partial charge in [0.25, 0.3) is 0 Å². The van der Waals surface area contributed by atoms with E-state index in [0.717, 1.165) is 10.8 Å². The van der Waals surface area contributed by atoms with Crippen molar-refractivity contribution in [1.29, 1.82) is 0 Å². The van der Waals surface area contributed by atoms with E-state index in [2.05, 4.69) is 0 Å². The van der Waals surface area contributed by atoms with Gasteiger partial charge in [0.1, 0.15) is 0 Å². The van der Waals surface area contributed by atoms with Gasteiger partial charge in [0.2, 0.25) is 5.91 Å². The lowest BCUT2D eigenvalue weighted by atomic mass is 10.0. The third-order valence-electron chi connectivity index (χ3n) is 3.85. The summed E-state index contributed by atoms with van der Waals surface area (Å²) in [4.78, 5) is 25.0. The second-order valence-corrected chi connectivity index (χ2v) is 5.28. The van der Waals surface area contributed by atoms with Crippen LogP contribution in [0.15, 0.2) is 36.4 Å². The average molecular weight is 285 g/mol. The molecule has 1 unspecified atom stereocenters. The number of aromatic carboxylic acids is 1. The Bertz CT molecular complexity index is 725. The van der Waals surface area contributed by atoms with Crippen LogP contribution in [0.3, 0.4) is 0 Å². The van der Waals surface area contributed by atoms with Gasteiger partial charge in [-0.25, -0.2) is 4.79 Å². The number of hydrogen-bond acceptors (Lipinski definition) is 3. The zero-order valence-corrected chi connectivity index (χ0v) is 11.3. The first-order valence-electron chi connectivity index (χ1n) is 6.77. The number of carboxylic acids is 1. The van der Waals surface area contributed by atoms with Gasteiger partial charge in [-0.15, -0.1) is 0 Å². The zero-order valence-electron chi connectivity index (χ0n) is 11.3. The van der Waals surface area contributed by atoms with Crippen LogP contribution in [0.1, 0.15) is 16.8 Å². The second-order valence-electron chi connectivity index (χ2n) is 5.28. The molecule has 108 valence electrons. The van der Waals surface area contributed by atoms with E-state index in [1.165, 1.54) is 4.90 Å². The lowest BCUT2D eigenvalue weighted by Crippen LogP contribution is -2.26. The molecule has 2 aromatic rings. The van der Waals surface area contributed by atoms with Crippen LogP contribution in [0, 0.1) is 5.92 Å². The number of nitrogens with zero attached hydrogens (tertiary/aromatic N) is 1. The Balaban J connectivity index is 2.14. The number of hydrogen-bond donors (Lipinski definition) is 2. The van der Waals surface area contributed by atoms with Crippen molar-refractivity contribution in [3.8, 4) is 0 Å². The number of aliphatic hydroxyl groups is 1. The lowest BCUT2D eigenvalue weighted by molar-refractivity contribution is -0.117. The summed E-state index contributed by atoms with van der Waals surface area (Å²) in [5.41, 5.74) is 0.516. The molecule has 1 heterocycles. The molecular formula is C16H15NO4. The molecule has 3 rings (SSSR count). The fraction of sp³-hybridized carbons (Fsp3) is 0.250. The normalized spacial score (nSPS) is 18.4. The number of carboxylic acid groups (broad SMARTS) is 1. The molecule has 0 aliphatic carbocycles. The average Bonchev–Trinajstić information content (AvgIpc) is 2.87. The molecule has 1 aliphatic heterocycles. The predicted molar refractivity (Wildman–Crippen MR) is 78.5 cm³/mol. The van der Waals surface area contributed by atoms with Crippen LogP contribution in [0.25, 0.3) is 10.8 Å². The van der Waals surface area contributed by atoms with Crippen LogP contribution in [-0.2, 0) is 4.79 Å². The molecule has 0 spiro atoms. The smallest absolute Gasteiger partial charge is 0.337 e. The van der Waals surface area contributed by atoms with Crippen molar-refractivity contribution < 1.29 is 19.8 Å². The van der Waals surface area contributed by atoms with Gasteiger partial charge in [-0.3, -0.25) is 4.79 Å². The van der Waals surface area contributed by atoms with E-state index >= 15 is 0 Å². The van der Waals surface area contributed by atoms with Crippen LogP contribution in [0.5, 0.6) is 0 Å². The van der Waals surface area contributed by atoms with Crippen molar-refractivity contribution in [3.63, 3.8) is 0 Å². The standard InChI is InChI=1S/C16H15NO4/c18-9-10-5-15(19)17(8-10)14-7-12-4-2-1-3-11(12)6-13(14)16(20)21/h1-4,6-7,10,18H,5,8-9H2,(H,20,21). The lowest BCUT2D eigenvalue weighted by Gasteiger charge is -2.19. The number of anilines is 1. The molecule has 1 atom stereocenters. The van der Waals surface area contributed by atoms with Crippen LogP contribution >= 0.6 is 0 Å². The Hall–Kier alpha value is -2.40. The van der Waals surface area contributed by atoms with Gasteiger partial charge in [-0.2, -0.15) is 0 Å². The second kappa shape index (κ2) is 5.18. The van der Waals surface area contributed by atoms with Crippen molar-refractivity contribution in [2.24, 2.45) is 5.92 Å². The topological polar surface area (TPSA) is 77.8 Å². The highest BCUT2D eigenvalue weighted by molar-refractivity contribution is 6.07. The van der Waals surface area contributed by atoms with Gasteiger partial charge in [0, 0.05) is 25.5 Å². The first kappa shape index (κ1) is 13.6. The largest absolute Gasteiger partial charge is 0.478 e. The minimum absolute atomic E-state index is 0.0712. The highest BCUT2D eigenvalue weighted by Gasteiger charge is 2.32. The van der Waals surface area contributed by atoms with Crippen LogP contribution < -0.4 is 4.90 Å². The summed E-state index contributed by atoms with van der Waals surface area (Å²) >= 11 is 0. The Labute approximate surface area is 121 Å². The van der Waals surface area contributed by atoms with Gasteiger partial charge >= 0.3 is 5.97 Å². The molecule has 0 saturated carbocycles. The fourth-order valence-electron chi connectivity index (χ4n) is 2.76. The zero-order chi connectivity index (χ0) is 15.0. The van der Waals surface area contributed by atoms with Crippen molar-refractivity contribution in [3.05, 3.63) is 42.0 Å². The third kappa shape index (κ3) is 2.36. The first-order chi connectivity index (χ1) is 10.1. The Morgan fingerprint density at radius 2 is 1.90 bits per heavy atom. The molecular weight excluding hydrogens is 270 g/mol. The van der Waals surface area contributed by atoms with Gasteiger partial charge in [-0.1, -0.05) is 24.3 Å². The summed E-state index contributed by atoms with van der Waals surface area (Å²) in [7, 11) is 0. The van der Waals surface area contributed by atoms with Gasteiger partial charge in [0.15, 0.2) is 0 Å². The molecule has 5 heteroatoms. The van der Waals surface area contributed by atoms with Gasteiger partial charge in [-0.05, 0) is 22.9 Å². The minimum atomic E-state index is -1.06. The molecule has 1 amide bonds. The molecule has 1 saturated heterocycles. The Kier molecular flexibility index (Phi) is 3.35. The van der Waals surface area contributed by atoms with E-state index < -0.39 is 5.97 Å². The minimum Gasteiger partial charge on any atom is -0.478 e. The van der Waals surface area contributed by atoms with Crippen LogP contribution in [0.2, 0.25) is 0 Å². The molecule has 2 aromatic carbocycles. The number of amides is 1. The molecule has 1 fully saturated rings. The summed E-state index contributed by atoms with van der Waals surface area (Å²) in [6.07, 6.45) is 0.252. The van der Waals surface area contributed by atoms with E-state index in [-0.39, 0.29) is 30.4 Å². The third-order valence-corrected chi connectivity index (χ3v) is 3.85. The molecule has 0 bridgehead atoms. The summed E-state index contributed by atoms with van der Waals surface area (Å²) in [5, 5.41) is 20.3. The van der Waals surface area contributed by atoms with Crippen molar-refractivity contribution >= 4 is 28.3 Å². The maximum atomic E-state index is 12.1. The Morgan fingerprint density at radius 1 is 1.24 bits per heavy atom. The monoisotopic (exact) mass is 285 g/mol. The maximum absolute atomic E-state index is 12.1. The Morgan fingerprint density at radius 3 is 2.48 bits per heavy atom. The van der Waals surface area contributed by atoms with Crippen molar-refractivity contribution in [1.82, 2.24) is 0 Å². The van der Waals surface area contributed by atoms with Gasteiger partial charge in [0.05, 0.1) is 11.3 Å². The fourth-order valence-corrected chi connectivity index (χ4v) is 2.76. The number of carbonyl (C=O) groups is 2. The number of carbonyl (C=O) groups excluding carboxylic acids is 1. The summed E-state index contributed by atoms with van der Waals surface area (Å²) in [5.74, 6) is -1.34. The molecule has 2 N–H and O–H groups in total. The van der Waals surface area contributed by atoms with E-state index in [4.69, 9.17) is 0 Å². The summed E-state index contributed by atoms with van der Waals surface area (Å²) < 4.78 is 0. The number of rotatable bonds is 3. The maximum Gasteiger partial charge on any atom is 0.337 e.